The Bertz CT molecular complexity index is 822. The molecule has 2 aromatic carbocycles. The Morgan fingerprint density at radius 1 is 1.17 bits per heavy atom. The lowest BCUT2D eigenvalue weighted by molar-refractivity contribution is -0.113. The Morgan fingerprint density at radius 2 is 1.83 bits per heavy atom. The summed E-state index contributed by atoms with van der Waals surface area (Å²) in [5.74, 6) is -0.00486. The molecule has 0 saturated heterocycles. The second kappa shape index (κ2) is 7.69. The number of nitrogens with two attached hydrogens (primary N) is 1. The van der Waals surface area contributed by atoms with Gasteiger partial charge in [-0.25, -0.2) is 13.6 Å². The summed E-state index contributed by atoms with van der Waals surface area (Å²) in [6, 6.07) is 14.0. The molecule has 0 atom stereocenters. The van der Waals surface area contributed by atoms with Crippen molar-refractivity contribution in [3.8, 4) is 0 Å². The second-order valence-electron chi connectivity index (χ2n) is 5.27. The van der Waals surface area contributed by atoms with E-state index >= 15 is 0 Å². The topological polar surface area (TPSA) is 92.5 Å². The van der Waals surface area contributed by atoms with Gasteiger partial charge in [0.2, 0.25) is 15.9 Å². The van der Waals surface area contributed by atoms with Crippen LogP contribution in [-0.4, -0.2) is 34.2 Å². The molecule has 0 aromatic heterocycles. The fraction of sp³-hybridized carbons (Fsp3) is 0.188. The first kappa shape index (κ1) is 18.3. The van der Waals surface area contributed by atoms with Gasteiger partial charge < -0.3 is 10.2 Å². The number of primary sulfonamides is 1. The normalized spacial score (nSPS) is 11.1. The molecular weight excluding hydrogens is 346 g/mol. The molecule has 0 aliphatic carbocycles. The minimum absolute atomic E-state index is 0.0425. The van der Waals surface area contributed by atoms with Crippen molar-refractivity contribution >= 4 is 39.1 Å². The molecule has 128 valence electrons. The van der Waals surface area contributed by atoms with Gasteiger partial charge in [0, 0.05) is 19.0 Å². The third-order valence-electron chi connectivity index (χ3n) is 3.17. The lowest BCUT2D eigenvalue weighted by Crippen LogP contribution is -2.19. The number of hydrogen-bond donors (Lipinski definition) is 2. The van der Waals surface area contributed by atoms with Gasteiger partial charge in [-0.15, -0.1) is 11.8 Å². The first-order valence-electron chi connectivity index (χ1n) is 7.09. The van der Waals surface area contributed by atoms with Crippen LogP contribution in [0.1, 0.15) is 0 Å². The fourth-order valence-electron chi connectivity index (χ4n) is 2.03. The van der Waals surface area contributed by atoms with E-state index in [1.807, 2.05) is 30.3 Å². The third kappa shape index (κ3) is 4.98. The van der Waals surface area contributed by atoms with Crippen LogP contribution in [-0.2, 0) is 14.8 Å². The zero-order valence-corrected chi connectivity index (χ0v) is 15.0. The van der Waals surface area contributed by atoms with E-state index in [9.17, 15) is 13.2 Å². The van der Waals surface area contributed by atoms with E-state index in [2.05, 4.69) is 5.32 Å². The summed E-state index contributed by atoms with van der Waals surface area (Å²) >= 11 is 1.40. The molecule has 0 fully saturated rings. The van der Waals surface area contributed by atoms with Crippen LogP contribution >= 0.6 is 11.8 Å². The van der Waals surface area contributed by atoms with Gasteiger partial charge in [-0.3, -0.25) is 4.79 Å². The van der Waals surface area contributed by atoms with Crippen LogP contribution < -0.4 is 15.4 Å². The van der Waals surface area contributed by atoms with Gasteiger partial charge in [0.15, 0.2) is 0 Å². The van der Waals surface area contributed by atoms with E-state index in [0.717, 1.165) is 4.90 Å². The Morgan fingerprint density at radius 3 is 2.42 bits per heavy atom. The first-order chi connectivity index (χ1) is 11.3. The summed E-state index contributed by atoms with van der Waals surface area (Å²) in [6.07, 6.45) is 0. The van der Waals surface area contributed by atoms with Crippen LogP contribution in [0.4, 0.5) is 11.4 Å². The van der Waals surface area contributed by atoms with Crippen LogP contribution in [0.3, 0.4) is 0 Å². The van der Waals surface area contributed by atoms with Crippen LogP contribution in [0.2, 0.25) is 0 Å². The van der Waals surface area contributed by atoms with Gasteiger partial charge in [-0.1, -0.05) is 18.2 Å². The van der Waals surface area contributed by atoms with Crippen molar-refractivity contribution in [2.75, 3.05) is 30.1 Å². The molecule has 0 unspecified atom stereocenters. The van der Waals surface area contributed by atoms with Crippen molar-refractivity contribution < 1.29 is 13.2 Å². The average molecular weight is 365 g/mol. The summed E-state index contributed by atoms with van der Waals surface area (Å²) in [4.78, 5) is 14.9. The maximum absolute atomic E-state index is 12.2. The van der Waals surface area contributed by atoms with E-state index in [0.29, 0.717) is 11.4 Å². The largest absolute Gasteiger partial charge is 0.376 e. The fourth-order valence-corrected chi connectivity index (χ4v) is 3.29. The smallest absolute Gasteiger partial charge is 0.238 e. The van der Waals surface area contributed by atoms with Gasteiger partial charge in [0.1, 0.15) is 0 Å². The van der Waals surface area contributed by atoms with Gasteiger partial charge in [-0.05, 0) is 30.3 Å². The number of thioether (sulfide) groups is 1. The molecule has 2 aromatic rings. The highest BCUT2D eigenvalue weighted by molar-refractivity contribution is 8.00. The van der Waals surface area contributed by atoms with Crippen molar-refractivity contribution in [3.63, 3.8) is 0 Å². The molecule has 6 nitrogen and oxygen atoms in total. The Hall–Kier alpha value is -2.03. The van der Waals surface area contributed by atoms with Crippen molar-refractivity contribution in [2.24, 2.45) is 5.14 Å². The standard InChI is InChI=1S/C16H19N3O3S2/c1-19(2)15-9-8-13(24(17,21)22)10-14(15)18-16(20)11-23-12-6-4-3-5-7-12/h3-10H,11H2,1-2H3,(H,18,20)(H2,17,21,22). The summed E-state index contributed by atoms with van der Waals surface area (Å²) < 4.78 is 23.0. The predicted octanol–water partition coefficient (Wildman–Crippen LogP) is 2.13. The number of anilines is 2. The molecule has 0 aliphatic rings. The van der Waals surface area contributed by atoms with E-state index in [1.54, 1.807) is 25.1 Å². The molecule has 0 aliphatic heterocycles. The predicted molar refractivity (Wildman–Crippen MR) is 97.9 cm³/mol. The number of nitrogens with one attached hydrogen (secondary N) is 1. The van der Waals surface area contributed by atoms with Gasteiger partial charge in [-0.2, -0.15) is 0 Å². The lowest BCUT2D eigenvalue weighted by Gasteiger charge is -2.18. The summed E-state index contributed by atoms with van der Waals surface area (Å²) in [6.45, 7) is 0. The molecule has 0 saturated carbocycles. The van der Waals surface area contributed by atoms with Gasteiger partial charge >= 0.3 is 0 Å². The molecule has 3 N–H and O–H groups in total. The van der Waals surface area contributed by atoms with Crippen molar-refractivity contribution in [1.29, 1.82) is 0 Å². The van der Waals surface area contributed by atoms with Crippen molar-refractivity contribution in [3.05, 3.63) is 48.5 Å². The quantitative estimate of drug-likeness (QED) is 0.765. The highest BCUT2D eigenvalue weighted by Gasteiger charge is 2.14. The molecule has 0 bridgehead atoms. The van der Waals surface area contributed by atoms with E-state index < -0.39 is 10.0 Å². The molecule has 0 heterocycles. The number of carbonyl (C=O) groups is 1. The Labute approximate surface area is 146 Å². The summed E-state index contributed by atoms with van der Waals surface area (Å²) in [5, 5.41) is 7.91. The maximum atomic E-state index is 12.2. The molecule has 24 heavy (non-hydrogen) atoms. The number of hydrogen-bond acceptors (Lipinski definition) is 5. The van der Waals surface area contributed by atoms with Gasteiger partial charge in [0.05, 0.1) is 22.0 Å². The van der Waals surface area contributed by atoms with Crippen molar-refractivity contribution in [2.45, 2.75) is 9.79 Å². The Kier molecular flexibility index (Phi) is 5.87. The van der Waals surface area contributed by atoms with Gasteiger partial charge in [0.25, 0.3) is 0 Å². The number of rotatable bonds is 6. The number of sulfonamides is 1. The van der Waals surface area contributed by atoms with E-state index in [-0.39, 0.29) is 16.6 Å². The number of nitrogens with zero attached hydrogens (tertiary/aromatic N) is 1. The third-order valence-corrected chi connectivity index (χ3v) is 5.09. The molecule has 8 heteroatoms. The number of amides is 1. The maximum Gasteiger partial charge on any atom is 0.238 e. The molecule has 0 radical (unpaired) electrons. The number of carbonyl (C=O) groups excluding carboxylic acids is 1. The lowest BCUT2D eigenvalue weighted by atomic mass is 10.2. The molecular formula is C16H19N3O3S2. The van der Waals surface area contributed by atoms with Crippen LogP contribution in [0.5, 0.6) is 0 Å². The molecule has 1 amide bonds. The monoisotopic (exact) mass is 365 g/mol. The van der Waals surface area contributed by atoms with Crippen molar-refractivity contribution in [1.82, 2.24) is 0 Å². The zero-order chi connectivity index (χ0) is 17.7. The highest BCUT2D eigenvalue weighted by Crippen LogP contribution is 2.27. The first-order valence-corrected chi connectivity index (χ1v) is 9.62. The summed E-state index contributed by atoms with van der Waals surface area (Å²) in [5.41, 5.74) is 1.10. The minimum atomic E-state index is -3.83. The van der Waals surface area contributed by atoms with Crippen LogP contribution in [0.25, 0.3) is 0 Å². The summed E-state index contributed by atoms with van der Waals surface area (Å²) in [7, 11) is -0.222. The zero-order valence-electron chi connectivity index (χ0n) is 13.4. The van der Waals surface area contributed by atoms with Crippen LogP contribution in [0, 0.1) is 0 Å². The Balaban J connectivity index is 2.16. The van der Waals surface area contributed by atoms with Crippen LogP contribution in [0.15, 0.2) is 58.3 Å². The second-order valence-corrected chi connectivity index (χ2v) is 7.88. The highest BCUT2D eigenvalue weighted by atomic mass is 32.2. The molecule has 0 spiro atoms. The molecule has 2 rings (SSSR count). The average Bonchev–Trinajstić information content (AvgIpc) is 2.53. The van der Waals surface area contributed by atoms with E-state index in [4.69, 9.17) is 5.14 Å². The number of benzene rings is 2. The van der Waals surface area contributed by atoms with E-state index in [1.165, 1.54) is 23.9 Å². The SMILES string of the molecule is CN(C)c1ccc(S(N)(=O)=O)cc1NC(=O)CSc1ccccc1. The minimum Gasteiger partial charge on any atom is -0.376 e.